The monoisotopic (exact) mass is 421 g/mol. The fraction of sp³-hybridized carbons (Fsp3) is 0.360. The first-order chi connectivity index (χ1) is 14.9. The number of carbonyl (C=O) groups excluding carboxylic acids is 1. The van der Waals surface area contributed by atoms with Gasteiger partial charge in [-0.1, -0.05) is 38.1 Å². The fourth-order valence-electron chi connectivity index (χ4n) is 4.60. The number of halogens is 1. The summed E-state index contributed by atoms with van der Waals surface area (Å²) in [6.07, 6.45) is 1.75. The second-order valence-corrected chi connectivity index (χ2v) is 8.63. The Morgan fingerprint density at radius 2 is 1.90 bits per heavy atom. The van der Waals surface area contributed by atoms with Crippen LogP contribution in [0.4, 0.5) is 4.39 Å². The summed E-state index contributed by atoms with van der Waals surface area (Å²) in [5.74, 6) is -0.434. The minimum Gasteiger partial charge on any atom is -0.450 e. The lowest BCUT2D eigenvalue weighted by Gasteiger charge is -2.27. The van der Waals surface area contributed by atoms with Crippen LogP contribution in [0.5, 0.6) is 0 Å². The van der Waals surface area contributed by atoms with Gasteiger partial charge in [0.25, 0.3) is 5.91 Å². The Morgan fingerprint density at radius 3 is 2.58 bits per heavy atom. The number of hydrogen-bond donors (Lipinski definition) is 0. The van der Waals surface area contributed by atoms with E-state index in [9.17, 15) is 14.0 Å². The molecule has 0 N–H and O–H groups in total. The molecule has 31 heavy (non-hydrogen) atoms. The van der Waals surface area contributed by atoms with Crippen molar-refractivity contribution in [2.75, 3.05) is 13.2 Å². The minimum absolute atomic E-state index is 0.0417. The van der Waals surface area contributed by atoms with E-state index in [0.717, 1.165) is 18.4 Å². The number of rotatable bonds is 4. The molecule has 160 valence electrons. The summed E-state index contributed by atoms with van der Waals surface area (Å²) >= 11 is 0. The Balaban J connectivity index is 1.68. The van der Waals surface area contributed by atoms with Gasteiger partial charge in [-0.15, -0.1) is 0 Å². The molecule has 0 bridgehead atoms. The maximum atomic E-state index is 13.9. The highest BCUT2D eigenvalue weighted by molar-refractivity contribution is 5.99. The van der Waals surface area contributed by atoms with Gasteiger partial charge in [-0.2, -0.15) is 0 Å². The van der Waals surface area contributed by atoms with Crippen LogP contribution in [0.3, 0.4) is 0 Å². The molecule has 0 spiro atoms. The van der Waals surface area contributed by atoms with Gasteiger partial charge in [0.2, 0.25) is 5.76 Å². The summed E-state index contributed by atoms with van der Waals surface area (Å²) in [5, 5.41) is 0.148. The second kappa shape index (κ2) is 7.61. The highest BCUT2D eigenvalue weighted by atomic mass is 19.1. The van der Waals surface area contributed by atoms with Gasteiger partial charge in [0.1, 0.15) is 11.4 Å². The lowest BCUT2D eigenvalue weighted by atomic mass is 9.95. The van der Waals surface area contributed by atoms with Gasteiger partial charge in [-0.25, -0.2) is 4.39 Å². The third-order valence-electron chi connectivity index (χ3n) is 6.27. The van der Waals surface area contributed by atoms with Crippen molar-refractivity contribution >= 4 is 16.9 Å². The Kier molecular flexibility index (Phi) is 4.89. The SMILES string of the molecule is CC(C)c1ccc([C@H]2c3c(oc4ccc(F)cc4c3=O)C(=O)N2C[C@H]2CCCO2)cc1. The molecule has 5 nitrogen and oxygen atoms in total. The molecule has 5 rings (SSSR count). The molecular formula is C25H24FNO4. The summed E-state index contributed by atoms with van der Waals surface area (Å²) in [6.45, 7) is 5.28. The lowest BCUT2D eigenvalue weighted by molar-refractivity contribution is 0.0486. The minimum atomic E-state index is -0.586. The summed E-state index contributed by atoms with van der Waals surface area (Å²) in [4.78, 5) is 28.5. The van der Waals surface area contributed by atoms with Crippen molar-refractivity contribution in [3.05, 3.63) is 81.0 Å². The maximum Gasteiger partial charge on any atom is 0.291 e. The molecule has 0 unspecified atom stereocenters. The number of nitrogens with zero attached hydrogens (tertiary/aromatic N) is 1. The topological polar surface area (TPSA) is 59.8 Å². The van der Waals surface area contributed by atoms with Crippen molar-refractivity contribution in [3.63, 3.8) is 0 Å². The van der Waals surface area contributed by atoms with Crippen molar-refractivity contribution in [3.8, 4) is 0 Å². The van der Waals surface area contributed by atoms with Crippen molar-refractivity contribution in [1.29, 1.82) is 0 Å². The predicted molar refractivity (Wildman–Crippen MR) is 115 cm³/mol. The second-order valence-electron chi connectivity index (χ2n) is 8.63. The van der Waals surface area contributed by atoms with E-state index in [1.54, 1.807) is 4.90 Å². The zero-order chi connectivity index (χ0) is 21.7. The average molecular weight is 421 g/mol. The Labute approximate surface area is 179 Å². The molecule has 1 saturated heterocycles. The molecule has 2 atom stereocenters. The summed E-state index contributed by atoms with van der Waals surface area (Å²) in [5.41, 5.74) is 2.13. The van der Waals surface area contributed by atoms with Gasteiger partial charge in [0, 0.05) is 13.2 Å². The van der Waals surface area contributed by atoms with Crippen LogP contribution < -0.4 is 5.43 Å². The number of benzene rings is 2. The largest absolute Gasteiger partial charge is 0.450 e. The lowest BCUT2D eigenvalue weighted by Crippen LogP contribution is -2.36. The Bertz CT molecular complexity index is 1210. The van der Waals surface area contributed by atoms with Gasteiger partial charge >= 0.3 is 0 Å². The molecule has 6 heteroatoms. The van der Waals surface area contributed by atoms with E-state index < -0.39 is 11.9 Å². The smallest absolute Gasteiger partial charge is 0.291 e. The van der Waals surface area contributed by atoms with E-state index in [2.05, 4.69) is 13.8 Å². The van der Waals surface area contributed by atoms with E-state index in [1.807, 2.05) is 24.3 Å². The predicted octanol–water partition coefficient (Wildman–Crippen LogP) is 4.78. The summed E-state index contributed by atoms with van der Waals surface area (Å²) < 4.78 is 25.5. The number of carbonyl (C=O) groups is 1. The highest BCUT2D eigenvalue weighted by Gasteiger charge is 2.43. The van der Waals surface area contributed by atoms with Crippen molar-refractivity contribution in [2.45, 2.75) is 44.8 Å². The van der Waals surface area contributed by atoms with Crippen LogP contribution in [0, 0.1) is 5.82 Å². The molecule has 1 aromatic heterocycles. The number of fused-ring (bicyclic) bond motifs is 2. The molecular weight excluding hydrogens is 397 g/mol. The first-order valence-corrected chi connectivity index (χ1v) is 10.7. The molecule has 2 aliphatic heterocycles. The third-order valence-corrected chi connectivity index (χ3v) is 6.27. The number of amides is 1. The molecule has 0 radical (unpaired) electrons. The molecule has 3 heterocycles. The van der Waals surface area contributed by atoms with Gasteiger partial charge in [-0.3, -0.25) is 9.59 Å². The van der Waals surface area contributed by atoms with Gasteiger partial charge in [0.15, 0.2) is 5.43 Å². The van der Waals surface area contributed by atoms with Gasteiger partial charge in [0.05, 0.1) is 23.1 Å². The first-order valence-electron chi connectivity index (χ1n) is 10.7. The van der Waals surface area contributed by atoms with Crippen molar-refractivity contribution in [2.24, 2.45) is 0 Å². The molecule has 0 aliphatic carbocycles. The van der Waals surface area contributed by atoms with Crippen LogP contribution in [0.15, 0.2) is 51.7 Å². The normalized spacial score (nSPS) is 20.8. The van der Waals surface area contributed by atoms with Crippen molar-refractivity contribution in [1.82, 2.24) is 4.90 Å². The van der Waals surface area contributed by atoms with Crippen LogP contribution in [-0.4, -0.2) is 30.1 Å². The number of hydrogen-bond acceptors (Lipinski definition) is 4. The molecule has 2 aromatic carbocycles. The zero-order valence-corrected chi connectivity index (χ0v) is 17.6. The summed E-state index contributed by atoms with van der Waals surface area (Å²) in [6, 6.07) is 11.2. The van der Waals surface area contributed by atoms with Crippen LogP contribution in [0.1, 0.15) is 65.9 Å². The average Bonchev–Trinajstić information content (AvgIpc) is 3.36. The number of ether oxygens (including phenoxy) is 1. The van der Waals surface area contributed by atoms with Gasteiger partial charge in [-0.05, 0) is 48.1 Å². The van der Waals surface area contributed by atoms with Crippen LogP contribution in [0.2, 0.25) is 0 Å². The van der Waals surface area contributed by atoms with E-state index in [-0.39, 0.29) is 39.7 Å². The highest BCUT2D eigenvalue weighted by Crippen LogP contribution is 2.39. The van der Waals surface area contributed by atoms with Crippen LogP contribution in [-0.2, 0) is 4.74 Å². The fourth-order valence-corrected chi connectivity index (χ4v) is 4.60. The molecule has 2 aliphatic rings. The van der Waals surface area contributed by atoms with Crippen LogP contribution in [0.25, 0.3) is 11.0 Å². The standard InChI is InChI=1S/C25H24FNO4/c1-14(2)15-5-7-16(8-6-15)22-21-23(28)19-12-17(26)9-10-20(19)31-24(21)25(29)27(22)13-18-4-3-11-30-18/h5-10,12,14,18,22H,3-4,11,13H2,1-2H3/t18-,22+/m1/s1. The van der Waals surface area contributed by atoms with E-state index >= 15 is 0 Å². The molecule has 3 aromatic rings. The Morgan fingerprint density at radius 1 is 1.13 bits per heavy atom. The molecule has 1 amide bonds. The maximum absolute atomic E-state index is 13.9. The zero-order valence-electron chi connectivity index (χ0n) is 17.6. The molecule has 1 fully saturated rings. The first kappa shape index (κ1) is 19.9. The van der Waals surface area contributed by atoms with Gasteiger partial charge < -0.3 is 14.1 Å². The molecule has 0 saturated carbocycles. The third kappa shape index (κ3) is 3.35. The van der Waals surface area contributed by atoms with E-state index in [1.165, 1.54) is 23.8 Å². The summed E-state index contributed by atoms with van der Waals surface area (Å²) in [7, 11) is 0. The van der Waals surface area contributed by atoms with E-state index in [0.29, 0.717) is 19.1 Å². The quantitative estimate of drug-likeness (QED) is 0.608. The van der Waals surface area contributed by atoms with Crippen molar-refractivity contribution < 1.29 is 18.3 Å². The Hall–Kier alpha value is -2.99. The van der Waals surface area contributed by atoms with Crippen LogP contribution >= 0.6 is 0 Å². The van der Waals surface area contributed by atoms with E-state index in [4.69, 9.17) is 9.15 Å².